The van der Waals surface area contributed by atoms with Gasteiger partial charge in [0.05, 0.1) is 11.9 Å². The highest BCUT2D eigenvalue weighted by molar-refractivity contribution is 9.10. The van der Waals surface area contributed by atoms with E-state index in [1.807, 2.05) is 54.6 Å². The zero-order valence-electron chi connectivity index (χ0n) is 16.6. The molecule has 0 spiro atoms. The van der Waals surface area contributed by atoms with Crippen LogP contribution in [0, 0.1) is 0 Å². The predicted octanol–water partition coefficient (Wildman–Crippen LogP) is 5.62. The van der Waals surface area contributed by atoms with Crippen molar-refractivity contribution in [3.63, 3.8) is 0 Å². The highest BCUT2D eigenvalue weighted by Gasteiger charge is 2.09. The van der Waals surface area contributed by atoms with Gasteiger partial charge < -0.3 is 5.32 Å². The molecular weight excluding hydrogens is 454 g/mol. The summed E-state index contributed by atoms with van der Waals surface area (Å²) in [6, 6.07) is 25.6. The molecular formula is C25H20BrN3O2. The summed E-state index contributed by atoms with van der Waals surface area (Å²) >= 11 is 3.38. The highest BCUT2D eigenvalue weighted by Crippen LogP contribution is 2.27. The Balaban J connectivity index is 1.41. The van der Waals surface area contributed by atoms with E-state index in [1.165, 1.54) is 0 Å². The van der Waals surface area contributed by atoms with Gasteiger partial charge in [0.1, 0.15) is 0 Å². The first-order valence-corrected chi connectivity index (χ1v) is 10.7. The lowest BCUT2D eigenvalue weighted by molar-refractivity contribution is -0.124. The zero-order chi connectivity index (χ0) is 21.6. The van der Waals surface area contributed by atoms with Crippen LogP contribution in [-0.2, 0) is 9.59 Å². The van der Waals surface area contributed by atoms with Crippen molar-refractivity contribution in [2.75, 3.05) is 5.32 Å². The molecule has 0 aliphatic carbocycles. The van der Waals surface area contributed by atoms with Crippen molar-refractivity contribution in [3.8, 4) is 0 Å². The third-order valence-corrected chi connectivity index (χ3v) is 5.61. The predicted molar refractivity (Wildman–Crippen MR) is 129 cm³/mol. The number of para-hydroxylation sites is 1. The van der Waals surface area contributed by atoms with Crippen molar-refractivity contribution >= 4 is 61.2 Å². The summed E-state index contributed by atoms with van der Waals surface area (Å²) < 4.78 is 0.791. The van der Waals surface area contributed by atoms with Crippen LogP contribution in [0.25, 0.3) is 21.5 Å². The fourth-order valence-electron chi connectivity index (χ4n) is 3.42. The molecule has 2 N–H and O–H groups in total. The van der Waals surface area contributed by atoms with Crippen LogP contribution < -0.4 is 10.7 Å². The molecule has 0 aliphatic heterocycles. The first-order valence-electron chi connectivity index (χ1n) is 9.88. The lowest BCUT2D eigenvalue weighted by atomic mass is 9.97. The van der Waals surface area contributed by atoms with Gasteiger partial charge in [-0.2, -0.15) is 5.10 Å². The Labute approximate surface area is 188 Å². The van der Waals surface area contributed by atoms with Crippen LogP contribution in [0.2, 0.25) is 0 Å². The van der Waals surface area contributed by atoms with Gasteiger partial charge in [0.25, 0.3) is 0 Å². The Kier molecular flexibility index (Phi) is 6.38. The summed E-state index contributed by atoms with van der Waals surface area (Å²) in [7, 11) is 0. The van der Waals surface area contributed by atoms with E-state index in [0.717, 1.165) is 31.6 Å². The van der Waals surface area contributed by atoms with E-state index in [0.29, 0.717) is 5.69 Å². The molecule has 0 heterocycles. The standard InChI is InChI=1S/C25H20BrN3O2/c26-22-11-5-6-12-23(22)28-24(30)13-14-25(31)29-27-16-21-19-9-3-1-7-17(19)15-18-8-2-4-10-20(18)21/h1-12,15-16H,13-14H2,(H,28,30)(H,29,31). The van der Waals surface area contributed by atoms with E-state index in [1.54, 1.807) is 12.3 Å². The number of carbonyl (C=O) groups is 2. The second-order valence-electron chi connectivity index (χ2n) is 7.05. The molecule has 0 atom stereocenters. The summed E-state index contributed by atoms with van der Waals surface area (Å²) in [5, 5.41) is 11.3. The Morgan fingerprint density at radius 3 is 2.06 bits per heavy atom. The lowest BCUT2D eigenvalue weighted by Crippen LogP contribution is -2.20. The van der Waals surface area contributed by atoms with Gasteiger partial charge >= 0.3 is 0 Å². The number of rotatable bonds is 6. The average Bonchev–Trinajstić information content (AvgIpc) is 2.79. The minimum absolute atomic E-state index is 0.0455. The molecule has 0 radical (unpaired) electrons. The summed E-state index contributed by atoms with van der Waals surface area (Å²) in [5.41, 5.74) is 4.15. The molecule has 0 aromatic heterocycles. The van der Waals surface area contributed by atoms with E-state index < -0.39 is 0 Å². The first-order chi connectivity index (χ1) is 15.1. The molecule has 0 aliphatic rings. The van der Waals surface area contributed by atoms with Crippen LogP contribution in [-0.4, -0.2) is 18.0 Å². The number of amides is 2. The minimum Gasteiger partial charge on any atom is -0.325 e. The number of hydrogen-bond donors (Lipinski definition) is 2. The van der Waals surface area contributed by atoms with Crippen LogP contribution in [0.1, 0.15) is 18.4 Å². The summed E-state index contributed by atoms with van der Waals surface area (Å²) in [4.78, 5) is 24.3. The fourth-order valence-corrected chi connectivity index (χ4v) is 3.80. The van der Waals surface area contributed by atoms with Crippen molar-refractivity contribution in [3.05, 3.63) is 88.9 Å². The third-order valence-electron chi connectivity index (χ3n) is 4.92. The maximum Gasteiger partial charge on any atom is 0.240 e. The number of nitrogens with one attached hydrogen (secondary N) is 2. The van der Waals surface area contributed by atoms with Crippen molar-refractivity contribution < 1.29 is 9.59 Å². The Hall–Kier alpha value is -3.51. The van der Waals surface area contributed by atoms with Gasteiger partial charge in [-0.1, -0.05) is 60.7 Å². The Morgan fingerprint density at radius 1 is 0.806 bits per heavy atom. The van der Waals surface area contributed by atoms with Crippen LogP contribution in [0.4, 0.5) is 5.69 Å². The van der Waals surface area contributed by atoms with Crippen LogP contribution in [0.3, 0.4) is 0 Å². The minimum atomic E-state index is -0.317. The maximum atomic E-state index is 12.2. The highest BCUT2D eigenvalue weighted by atomic mass is 79.9. The van der Waals surface area contributed by atoms with Gasteiger partial charge in [-0.25, -0.2) is 5.43 Å². The smallest absolute Gasteiger partial charge is 0.240 e. The molecule has 31 heavy (non-hydrogen) atoms. The molecule has 0 unspecified atom stereocenters. The Morgan fingerprint density at radius 2 is 1.39 bits per heavy atom. The lowest BCUT2D eigenvalue weighted by Gasteiger charge is -2.08. The molecule has 6 heteroatoms. The quantitative estimate of drug-likeness (QED) is 0.216. The molecule has 0 saturated heterocycles. The second-order valence-corrected chi connectivity index (χ2v) is 7.91. The number of nitrogens with zero attached hydrogens (tertiary/aromatic N) is 1. The molecule has 0 fully saturated rings. The van der Waals surface area contributed by atoms with E-state index in [4.69, 9.17) is 0 Å². The maximum absolute atomic E-state index is 12.2. The number of halogens is 1. The monoisotopic (exact) mass is 473 g/mol. The molecule has 2 amide bonds. The van der Waals surface area contributed by atoms with E-state index >= 15 is 0 Å². The van der Waals surface area contributed by atoms with Gasteiger partial charge in [-0.05, 0) is 55.7 Å². The third kappa shape index (κ3) is 4.98. The van der Waals surface area contributed by atoms with Gasteiger partial charge in [-0.3, -0.25) is 9.59 Å². The average molecular weight is 474 g/mol. The topological polar surface area (TPSA) is 70.6 Å². The molecule has 5 nitrogen and oxygen atoms in total. The number of anilines is 1. The van der Waals surface area contributed by atoms with Crippen molar-refractivity contribution in [2.24, 2.45) is 5.10 Å². The number of benzene rings is 4. The number of fused-ring (bicyclic) bond motifs is 2. The van der Waals surface area contributed by atoms with E-state index in [-0.39, 0.29) is 24.7 Å². The number of hydrogen-bond acceptors (Lipinski definition) is 3. The van der Waals surface area contributed by atoms with Crippen molar-refractivity contribution in [1.29, 1.82) is 0 Å². The van der Waals surface area contributed by atoms with E-state index in [2.05, 4.69) is 50.0 Å². The molecule has 154 valence electrons. The van der Waals surface area contributed by atoms with Gasteiger partial charge in [0.15, 0.2) is 0 Å². The van der Waals surface area contributed by atoms with Crippen molar-refractivity contribution in [2.45, 2.75) is 12.8 Å². The first kappa shape index (κ1) is 20.8. The molecule has 0 saturated carbocycles. The number of carbonyl (C=O) groups excluding carboxylic acids is 2. The van der Waals surface area contributed by atoms with Crippen LogP contribution >= 0.6 is 15.9 Å². The zero-order valence-corrected chi connectivity index (χ0v) is 18.2. The van der Waals surface area contributed by atoms with E-state index in [9.17, 15) is 9.59 Å². The van der Waals surface area contributed by atoms with Crippen LogP contribution in [0.15, 0.2) is 88.4 Å². The molecule has 0 bridgehead atoms. The fraction of sp³-hybridized carbons (Fsp3) is 0.0800. The van der Waals surface area contributed by atoms with Crippen LogP contribution in [0.5, 0.6) is 0 Å². The van der Waals surface area contributed by atoms with Gasteiger partial charge in [-0.15, -0.1) is 0 Å². The normalized spacial score (nSPS) is 11.1. The van der Waals surface area contributed by atoms with Crippen molar-refractivity contribution in [1.82, 2.24) is 5.43 Å². The molecule has 4 rings (SSSR count). The molecule has 4 aromatic rings. The number of hydrazone groups is 1. The Bertz CT molecular complexity index is 1250. The summed E-state index contributed by atoms with van der Waals surface area (Å²) in [5.74, 6) is -0.547. The SMILES string of the molecule is O=C(CCC(=O)Nc1ccccc1Br)NN=Cc1c2ccccc2cc2ccccc12. The summed E-state index contributed by atoms with van der Waals surface area (Å²) in [6.07, 6.45) is 1.79. The largest absolute Gasteiger partial charge is 0.325 e. The van der Waals surface area contributed by atoms with Gasteiger partial charge in [0, 0.05) is 22.9 Å². The summed E-state index contributed by atoms with van der Waals surface area (Å²) in [6.45, 7) is 0. The van der Waals surface area contributed by atoms with Gasteiger partial charge in [0.2, 0.25) is 11.8 Å². The second kappa shape index (κ2) is 9.53. The molecule has 4 aromatic carbocycles.